The second-order valence-corrected chi connectivity index (χ2v) is 12.9. The standard InChI is InChI=1S/C27H39ClN6O4S2/c1-17(16-34-7-11-39-12-8-34)25(35)30-15-22(18-5-9-38-10-6-18)32-26(36)21(33-27(37)29-2)14-24-31-20-4-3-19(28)13-23(20)40-24/h3-4,13,18,21-22,26,32,36H,1,5-12,14-16H2,2H3,(H,30,35)(H2,29,33,37)/t21-,22+,26?/m0/s1. The molecule has 0 saturated carbocycles. The number of halogens is 1. The van der Waals surface area contributed by atoms with Crippen molar-refractivity contribution < 1.29 is 19.4 Å². The molecule has 5 N–H and O–H groups in total. The minimum Gasteiger partial charge on any atom is -0.381 e. The van der Waals surface area contributed by atoms with Crippen molar-refractivity contribution in [3.63, 3.8) is 0 Å². The molecule has 2 aliphatic rings. The van der Waals surface area contributed by atoms with Gasteiger partial charge in [-0.3, -0.25) is 15.0 Å². The van der Waals surface area contributed by atoms with Crippen LogP contribution in [0.25, 0.3) is 10.2 Å². The minimum absolute atomic E-state index is 0.181. The summed E-state index contributed by atoms with van der Waals surface area (Å²) in [5, 5.41) is 24.5. The third kappa shape index (κ3) is 9.04. The molecular weight excluding hydrogens is 572 g/mol. The zero-order valence-electron chi connectivity index (χ0n) is 22.8. The number of benzene rings is 1. The maximum Gasteiger partial charge on any atom is 0.314 e. The summed E-state index contributed by atoms with van der Waals surface area (Å²) < 4.78 is 6.49. The van der Waals surface area contributed by atoms with Gasteiger partial charge in [-0.15, -0.1) is 11.3 Å². The largest absolute Gasteiger partial charge is 0.381 e. The lowest BCUT2D eigenvalue weighted by Gasteiger charge is -2.35. The van der Waals surface area contributed by atoms with E-state index in [-0.39, 0.29) is 17.9 Å². The van der Waals surface area contributed by atoms with E-state index in [4.69, 9.17) is 16.3 Å². The van der Waals surface area contributed by atoms with Crippen molar-refractivity contribution in [3.8, 4) is 0 Å². The first-order valence-corrected chi connectivity index (χ1v) is 16.0. The zero-order chi connectivity index (χ0) is 28.5. The second kappa shape index (κ2) is 15.3. The summed E-state index contributed by atoms with van der Waals surface area (Å²) in [5.74, 6) is 2.14. The van der Waals surface area contributed by atoms with Gasteiger partial charge in [0.15, 0.2) is 0 Å². The number of nitrogens with one attached hydrogen (secondary N) is 4. The first-order valence-electron chi connectivity index (χ1n) is 13.6. The fourth-order valence-electron chi connectivity index (χ4n) is 4.95. The Balaban J connectivity index is 1.42. The molecule has 1 aromatic heterocycles. The van der Waals surface area contributed by atoms with E-state index < -0.39 is 18.3 Å². The molecule has 13 heteroatoms. The fourth-order valence-corrected chi connectivity index (χ4v) is 7.23. The van der Waals surface area contributed by atoms with Crippen LogP contribution in [0.5, 0.6) is 0 Å². The van der Waals surface area contributed by atoms with Crippen molar-refractivity contribution in [3.05, 3.63) is 40.4 Å². The fraction of sp³-hybridized carbons (Fsp3) is 0.593. The van der Waals surface area contributed by atoms with Crippen LogP contribution in [-0.4, -0.2) is 103 Å². The molecule has 4 rings (SSSR count). The normalized spacial score (nSPS) is 19.1. The van der Waals surface area contributed by atoms with Crippen LogP contribution in [0, 0.1) is 5.92 Å². The Bertz CT molecular complexity index is 1160. The third-order valence-corrected chi connectivity index (χ3v) is 9.47. The Kier molecular flexibility index (Phi) is 11.9. The Morgan fingerprint density at radius 3 is 2.75 bits per heavy atom. The Hall–Kier alpha value is -1.93. The highest BCUT2D eigenvalue weighted by Crippen LogP contribution is 2.26. The summed E-state index contributed by atoms with van der Waals surface area (Å²) >= 11 is 9.54. The number of hydrogen-bond donors (Lipinski definition) is 5. The molecule has 2 fully saturated rings. The van der Waals surface area contributed by atoms with E-state index in [0.29, 0.717) is 43.3 Å². The molecule has 2 aromatic rings. The van der Waals surface area contributed by atoms with Gasteiger partial charge >= 0.3 is 6.03 Å². The lowest BCUT2D eigenvalue weighted by molar-refractivity contribution is -0.118. The highest BCUT2D eigenvalue weighted by Gasteiger charge is 2.31. The smallest absolute Gasteiger partial charge is 0.314 e. The minimum atomic E-state index is -1.09. The number of hydrogen-bond acceptors (Lipinski definition) is 9. The van der Waals surface area contributed by atoms with Crippen molar-refractivity contribution in [2.75, 3.05) is 57.9 Å². The van der Waals surface area contributed by atoms with Crippen LogP contribution in [0.3, 0.4) is 0 Å². The van der Waals surface area contributed by atoms with Crippen molar-refractivity contribution >= 4 is 56.9 Å². The SMILES string of the molecule is C=C(CN1CCSCC1)C(=O)NC[C@@H](NC(O)[C@H](Cc1nc2ccc(Cl)cc2s1)NC(=O)NC)C1CCOCC1. The molecule has 2 saturated heterocycles. The van der Waals surface area contributed by atoms with E-state index in [9.17, 15) is 14.7 Å². The average Bonchev–Trinajstić information content (AvgIpc) is 3.36. The van der Waals surface area contributed by atoms with E-state index >= 15 is 0 Å². The number of thiazole rings is 1. The van der Waals surface area contributed by atoms with Gasteiger partial charge < -0.3 is 25.8 Å². The van der Waals surface area contributed by atoms with Crippen LogP contribution in [0.2, 0.25) is 5.02 Å². The first kappa shape index (κ1) is 31.0. The quantitative estimate of drug-likeness (QED) is 0.183. The number of thioether (sulfide) groups is 1. The summed E-state index contributed by atoms with van der Waals surface area (Å²) in [6.07, 6.45) is 0.834. The number of carbonyl (C=O) groups is 2. The Morgan fingerprint density at radius 1 is 1.27 bits per heavy atom. The van der Waals surface area contributed by atoms with E-state index in [2.05, 4.69) is 37.7 Å². The van der Waals surface area contributed by atoms with Crippen LogP contribution in [0.4, 0.5) is 4.79 Å². The third-order valence-electron chi connectivity index (χ3n) is 7.26. The monoisotopic (exact) mass is 610 g/mol. The first-order chi connectivity index (χ1) is 19.3. The molecule has 0 radical (unpaired) electrons. The van der Waals surface area contributed by atoms with Gasteiger partial charge in [-0.05, 0) is 37.0 Å². The van der Waals surface area contributed by atoms with E-state index in [1.807, 2.05) is 23.9 Å². The number of fused-ring (bicyclic) bond motifs is 1. The predicted molar refractivity (Wildman–Crippen MR) is 162 cm³/mol. The van der Waals surface area contributed by atoms with Crippen molar-refractivity contribution in [1.82, 2.24) is 31.2 Å². The van der Waals surface area contributed by atoms with E-state index in [1.54, 1.807) is 6.07 Å². The zero-order valence-corrected chi connectivity index (χ0v) is 25.2. The maximum absolute atomic E-state index is 12.9. The number of aliphatic hydroxyl groups is 1. The van der Waals surface area contributed by atoms with Crippen LogP contribution < -0.4 is 21.3 Å². The van der Waals surface area contributed by atoms with Gasteiger partial charge in [-0.1, -0.05) is 18.2 Å². The number of ether oxygens (including phenoxy) is 1. The van der Waals surface area contributed by atoms with Gasteiger partial charge in [0.2, 0.25) is 5.91 Å². The number of rotatable bonds is 12. The molecule has 3 heterocycles. The van der Waals surface area contributed by atoms with Gasteiger partial charge in [0.05, 0.1) is 21.3 Å². The summed E-state index contributed by atoms with van der Waals surface area (Å²) in [5.41, 5.74) is 1.35. The van der Waals surface area contributed by atoms with E-state index in [0.717, 1.165) is 52.7 Å². The number of carbonyl (C=O) groups excluding carboxylic acids is 2. The molecule has 0 spiro atoms. The molecule has 10 nitrogen and oxygen atoms in total. The van der Waals surface area contributed by atoms with Gasteiger partial charge in [-0.2, -0.15) is 11.8 Å². The predicted octanol–water partition coefficient (Wildman–Crippen LogP) is 2.21. The number of aliphatic hydroxyl groups excluding tert-OH is 1. The number of nitrogens with zero attached hydrogens (tertiary/aromatic N) is 2. The molecule has 3 atom stereocenters. The average molecular weight is 611 g/mol. The molecule has 2 aliphatic heterocycles. The highest BCUT2D eigenvalue weighted by atomic mass is 35.5. The molecule has 40 heavy (non-hydrogen) atoms. The van der Waals surface area contributed by atoms with Crippen molar-refractivity contribution in [1.29, 1.82) is 0 Å². The highest BCUT2D eigenvalue weighted by molar-refractivity contribution is 7.99. The van der Waals surface area contributed by atoms with Crippen molar-refractivity contribution in [2.24, 2.45) is 5.92 Å². The second-order valence-electron chi connectivity index (χ2n) is 10.1. The van der Waals surface area contributed by atoms with Crippen LogP contribution in [-0.2, 0) is 16.0 Å². The van der Waals surface area contributed by atoms with Gasteiger partial charge in [-0.25, -0.2) is 9.78 Å². The molecule has 220 valence electrons. The summed E-state index contributed by atoms with van der Waals surface area (Å²) in [6, 6.07) is 4.20. The summed E-state index contributed by atoms with van der Waals surface area (Å²) in [7, 11) is 1.53. The van der Waals surface area contributed by atoms with Gasteiger partial charge in [0.25, 0.3) is 0 Å². The van der Waals surface area contributed by atoms with E-state index in [1.165, 1.54) is 18.4 Å². The summed E-state index contributed by atoms with van der Waals surface area (Å²) in [4.78, 5) is 32.1. The molecule has 1 unspecified atom stereocenters. The lowest BCUT2D eigenvalue weighted by atomic mass is 9.91. The van der Waals surface area contributed by atoms with Crippen LogP contribution in [0.1, 0.15) is 17.8 Å². The molecular formula is C27H39ClN6O4S2. The molecule has 3 amide bonds. The lowest BCUT2D eigenvalue weighted by Crippen LogP contribution is -2.59. The van der Waals surface area contributed by atoms with Gasteiger partial charge in [0, 0.05) is 81.0 Å². The topological polar surface area (TPSA) is 128 Å². The number of aromatic nitrogens is 1. The molecule has 0 aliphatic carbocycles. The number of amides is 3. The maximum atomic E-state index is 12.9. The molecule has 0 bridgehead atoms. The Labute approximate surface area is 248 Å². The van der Waals surface area contributed by atoms with Crippen LogP contribution in [0.15, 0.2) is 30.4 Å². The Morgan fingerprint density at radius 2 is 2.02 bits per heavy atom. The van der Waals surface area contributed by atoms with Crippen LogP contribution >= 0.6 is 34.7 Å². The number of urea groups is 1. The van der Waals surface area contributed by atoms with Crippen molar-refractivity contribution in [2.45, 2.75) is 37.6 Å². The summed E-state index contributed by atoms with van der Waals surface area (Å²) in [6.45, 7) is 8.06. The molecule has 1 aromatic carbocycles. The van der Waals surface area contributed by atoms with Gasteiger partial charge in [0.1, 0.15) is 6.23 Å².